The lowest BCUT2D eigenvalue weighted by atomic mass is 9.99. The number of carbonyl (C=O) groups excluding carboxylic acids is 1. The molecule has 8 heteroatoms. The van der Waals surface area contributed by atoms with Gasteiger partial charge in [0.05, 0.1) is 11.4 Å². The zero-order valence-corrected chi connectivity index (χ0v) is 15.5. The van der Waals surface area contributed by atoms with Crippen molar-refractivity contribution in [2.24, 2.45) is 5.92 Å². The van der Waals surface area contributed by atoms with Gasteiger partial charge in [-0.1, -0.05) is 44.9 Å². The molecule has 0 saturated heterocycles. The van der Waals surface area contributed by atoms with Crippen LogP contribution in [0.25, 0.3) is 5.69 Å². The van der Waals surface area contributed by atoms with Crippen molar-refractivity contribution in [2.45, 2.75) is 44.7 Å². The van der Waals surface area contributed by atoms with Crippen molar-refractivity contribution in [3.05, 3.63) is 24.3 Å². The summed E-state index contributed by atoms with van der Waals surface area (Å²) in [5, 5.41) is 24.5. The van der Waals surface area contributed by atoms with E-state index in [1.165, 1.54) is 24.6 Å². The molecule has 0 radical (unpaired) electrons. The highest BCUT2D eigenvalue weighted by Crippen LogP contribution is 2.19. The molecule has 2 N–H and O–H groups in total. The average Bonchev–Trinajstić information content (AvgIpc) is 3.09. The largest absolute Gasteiger partial charge is 0.508 e. The minimum atomic E-state index is -0.0137. The predicted octanol–water partition coefficient (Wildman–Crippen LogP) is 2.79. The molecule has 0 aliphatic heterocycles. The first kappa shape index (κ1) is 19.2. The first-order valence-electron chi connectivity index (χ1n) is 8.61. The number of tetrazole rings is 1. The Bertz CT molecular complexity index is 659. The second kappa shape index (κ2) is 10.0. The number of phenols is 1. The number of hydrogen-bond donors (Lipinski definition) is 2. The van der Waals surface area contributed by atoms with Crippen LogP contribution in [0.15, 0.2) is 29.4 Å². The van der Waals surface area contributed by atoms with Gasteiger partial charge in [0.2, 0.25) is 11.1 Å². The summed E-state index contributed by atoms with van der Waals surface area (Å²) in [6, 6.07) is 6.57. The predicted molar refractivity (Wildman–Crippen MR) is 97.9 cm³/mol. The fraction of sp³-hybridized carbons (Fsp3) is 0.529. The van der Waals surface area contributed by atoms with E-state index in [1.807, 2.05) is 0 Å². The summed E-state index contributed by atoms with van der Waals surface area (Å²) in [7, 11) is 0. The smallest absolute Gasteiger partial charge is 0.230 e. The Labute approximate surface area is 152 Å². The molecule has 0 aliphatic carbocycles. The van der Waals surface area contributed by atoms with Gasteiger partial charge in [0.1, 0.15) is 5.75 Å². The van der Waals surface area contributed by atoms with Crippen molar-refractivity contribution >= 4 is 17.7 Å². The third-order valence-corrected chi connectivity index (χ3v) is 4.92. The van der Waals surface area contributed by atoms with E-state index >= 15 is 0 Å². The summed E-state index contributed by atoms with van der Waals surface area (Å²) >= 11 is 1.29. The van der Waals surface area contributed by atoms with Crippen LogP contribution in [-0.4, -0.2) is 43.5 Å². The Morgan fingerprint density at radius 3 is 2.76 bits per heavy atom. The summed E-state index contributed by atoms with van der Waals surface area (Å²) in [4.78, 5) is 12.1. The van der Waals surface area contributed by atoms with Gasteiger partial charge in [-0.2, -0.15) is 4.68 Å². The standard InChI is InChI=1S/C17H25N5O2S/c1-3-5-6-13(4-2)11-18-16(24)12-25-17-19-20-21-22(17)14-7-9-15(23)10-8-14/h7-10,13,23H,3-6,11-12H2,1-2H3,(H,18,24)/t13-/m0/s1. The van der Waals surface area contributed by atoms with Gasteiger partial charge in [0.25, 0.3) is 0 Å². The van der Waals surface area contributed by atoms with Gasteiger partial charge < -0.3 is 10.4 Å². The summed E-state index contributed by atoms with van der Waals surface area (Å²) in [6.45, 7) is 5.06. The fourth-order valence-electron chi connectivity index (χ4n) is 2.41. The van der Waals surface area contributed by atoms with Crippen molar-refractivity contribution in [3.8, 4) is 11.4 Å². The molecule has 2 rings (SSSR count). The quantitative estimate of drug-likeness (QED) is 0.631. The highest BCUT2D eigenvalue weighted by atomic mass is 32.2. The molecule has 0 fully saturated rings. The van der Waals surface area contributed by atoms with E-state index in [1.54, 1.807) is 28.9 Å². The van der Waals surface area contributed by atoms with E-state index < -0.39 is 0 Å². The highest BCUT2D eigenvalue weighted by molar-refractivity contribution is 7.99. The normalized spacial score (nSPS) is 12.1. The van der Waals surface area contributed by atoms with Crippen molar-refractivity contribution in [3.63, 3.8) is 0 Å². The number of unbranched alkanes of at least 4 members (excludes halogenated alkanes) is 1. The van der Waals surface area contributed by atoms with E-state index in [9.17, 15) is 9.90 Å². The second-order valence-corrected chi connectivity index (χ2v) is 6.84. The third kappa shape index (κ3) is 6.04. The Morgan fingerprint density at radius 2 is 2.08 bits per heavy atom. The first-order chi connectivity index (χ1) is 12.1. The number of amides is 1. The van der Waals surface area contributed by atoms with Gasteiger partial charge in [-0.05, 0) is 47.0 Å². The van der Waals surface area contributed by atoms with Crippen LogP contribution in [-0.2, 0) is 4.79 Å². The fourth-order valence-corrected chi connectivity index (χ4v) is 3.13. The molecular weight excluding hydrogens is 338 g/mol. The Hall–Kier alpha value is -2.09. The maximum atomic E-state index is 12.1. The van der Waals surface area contributed by atoms with Crippen molar-refractivity contribution < 1.29 is 9.90 Å². The maximum Gasteiger partial charge on any atom is 0.230 e. The van der Waals surface area contributed by atoms with Gasteiger partial charge >= 0.3 is 0 Å². The van der Waals surface area contributed by atoms with E-state index in [0.29, 0.717) is 11.1 Å². The van der Waals surface area contributed by atoms with Gasteiger partial charge in [0, 0.05) is 6.54 Å². The number of nitrogens with zero attached hydrogens (tertiary/aromatic N) is 4. The first-order valence-corrected chi connectivity index (χ1v) is 9.59. The number of thioether (sulfide) groups is 1. The summed E-state index contributed by atoms with van der Waals surface area (Å²) in [5.74, 6) is 0.971. The number of nitrogens with one attached hydrogen (secondary N) is 1. The molecule has 0 spiro atoms. The summed E-state index contributed by atoms with van der Waals surface area (Å²) < 4.78 is 1.55. The minimum absolute atomic E-state index is 0.0137. The third-order valence-electron chi connectivity index (χ3n) is 4.00. The van der Waals surface area contributed by atoms with Crippen LogP contribution in [0.5, 0.6) is 5.75 Å². The van der Waals surface area contributed by atoms with Crippen LogP contribution < -0.4 is 5.32 Å². The SMILES string of the molecule is CCCC[C@H](CC)CNC(=O)CSc1nnnn1-c1ccc(O)cc1. The lowest BCUT2D eigenvalue weighted by Crippen LogP contribution is -2.30. The van der Waals surface area contributed by atoms with Crippen molar-refractivity contribution in [1.82, 2.24) is 25.5 Å². The molecule has 0 aliphatic rings. The van der Waals surface area contributed by atoms with Crippen LogP contribution in [0.1, 0.15) is 39.5 Å². The van der Waals surface area contributed by atoms with E-state index in [-0.39, 0.29) is 17.4 Å². The molecule has 1 amide bonds. The number of benzene rings is 1. The zero-order chi connectivity index (χ0) is 18.1. The Kier molecular flexibility index (Phi) is 7.72. The second-order valence-electron chi connectivity index (χ2n) is 5.90. The highest BCUT2D eigenvalue weighted by Gasteiger charge is 2.13. The van der Waals surface area contributed by atoms with Crippen LogP contribution >= 0.6 is 11.8 Å². The molecule has 1 atom stereocenters. The van der Waals surface area contributed by atoms with E-state index in [0.717, 1.165) is 25.1 Å². The summed E-state index contributed by atoms with van der Waals surface area (Å²) in [6.07, 6.45) is 4.61. The molecule has 136 valence electrons. The minimum Gasteiger partial charge on any atom is -0.508 e. The molecule has 25 heavy (non-hydrogen) atoms. The molecule has 0 unspecified atom stereocenters. The van der Waals surface area contributed by atoms with Crippen LogP contribution in [0.2, 0.25) is 0 Å². The lowest BCUT2D eigenvalue weighted by Gasteiger charge is -2.15. The Balaban J connectivity index is 1.84. The van der Waals surface area contributed by atoms with E-state index in [2.05, 4.69) is 34.7 Å². The molecule has 2 aromatic rings. The van der Waals surface area contributed by atoms with Gasteiger partial charge in [0.15, 0.2) is 0 Å². The molecule has 7 nitrogen and oxygen atoms in total. The lowest BCUT2D eigenvalue weighted by molar-refractivity contribution is -0.118. The number of rotatable bonds is 10. The number of aromatic hydroxyl groups is 1. The van der Waals surface area contributed by atoms with Gasteiger partial charge in [-0.25, -0.2) is 0 Å². The Morgan fingerprint density at radius 1 is 1.32 bits per heavy atom. The molecule has 1 aromatic carbocycles. The van der Waals surface area contributed by atoms with Crippen molar-refractivity contribution in [1.29, 1.82) is 0 Å². The maximum absolute atomic E-state index is 12.1. The average molecular weight is 363 g/mol. The summed E-state index contributed by atoms with van der Waals surface area (Å²) in [5.41, 5.74) is 0.733. The number of aromatic nitrogens is 4. The molecule has 0 bridgehead atoms. The molecule has 1 aromatic heterocycles. The molecule has 1 heterocycles. The molecule has 0 saturated carbocycles. The monoisotopic (exact) mass is 363 g/mol. The zero-order valence-electron chi connectivity index (χ0n) is 14.7. The van der Waals surface area contributed by atoms with Gasteiger partial charge in [-0.15, -0.1) is 5.10 Å². The number of carbonyl (C=O) groups is 1. The van der Waals surface area contributed by atoms with Crippen LogP contribution in [0.4, 0.5) is 0 Å². The van der Waals surface area contributed by atoms with E-state index in [4.69, 9.17) is 0 Å². The number of phenolic OH excluding ortho intramolecular Hbond substituents is 1. The van der Waals surface area contributed by atoms with Crippen molar-refractivity contribution in [2.75, 3.05) is 12.3 Å². The molecular formula is C17H25N5O2S. The topological polar surface area (TPSA) is 92.9 Å². The van der Waals surface area contributed by atoms with Crippen LogP contribution in [0.3, 0.4) is 0 Å². The van der Waals surface area contributed by atoms with Crippen LogP contribution in [0, 0.1) is 5.92 Å². The number of hydrogen-bond acceptors (Lipinski definition) is 6. The van der Waals surface area contributed by atoms with Gasteiger partial charge in [-0.3, -0.25) is 4.79 Å².